The molecule has 0 bridgehead atoms. The average molecular weight is 292 g/mol. The number of amides is 1. The van der Waals surface area contributed by atoms with E-state index in [1.807, 2.05) is 0 Å². The highest BCUT2D eigenvalue weighted by molar-refractivity contribution is 5.97. The monoisotopic (exact) mass is 292 g/mol. The molecule has 8 heteroatoms. The molecule has 21 heavy (non-hydrogen) atoms. The summed E-state index contributed by atoms with van der Waals surface area (Å²) in [5, 5.41) is 11.1. The first-order valence-corrected chi connectivity index (χ1v) is 6.58. The van der Waals surface area contributed by atoms with Gasteiger partial charge in [0.2, 0.25) is 12.5 Å². The number of carbonyl (C=O) groups excluding carboxylic acids is 1. The van der Waals surface area contributed by atoms with Gasteiger partial charge in [-0.2, -0.15) is 0 Å². The number of hydrogen-bond acceptors (Lipinski definition) is 6. The van der Waals surface area contributed by atoms with E-state index in [9.17, 15) is 14.9 Å². The summed E-state index contributed by atoms with van der Waals surface area (Å²) in [4.78, 5) is 24.8. The van der Waals surface area contributed by atoms with E-state index in [1.54, 1.807) is 4.90 Å². The van der Waals surface area contributed by atoms with Crippen LogP contribution in [0.4, 0.5) is 5.69 Å². The van der Waals surface area contributed by atoms with E-state index in [0.29, 0.717) is 19.8 Å². The first kappa shape index (κ1) is 12.4. The van der Waals surface area contributed by atoms with Gasteiger partial charge < -0.3 is 19.1 Å². The molecule has 1 spiro atoms. The van der Waals surface area contributed by atoms with Gasteiger partial charge in [0, 0.05) is 12.6 Å². The molecule has 1 aromatic rings. The Balaban J connectivity index is 1.70. The normalized spacial score (nSPS) is 20.9. The molecule has 0 aliphatic carbocycles. The second-order valence-corrected chi connectivity index (χ2v) is 5.41. The summed E-state index contributed by atoms with van der Waals surface area (Å²) < 4.78 is 15.5. The smallest absolute Gasteiger partial charge is 0.315 e. The first-order chi connectivity index (χ1) is 10.1. The molecule has 2 saturated heterocycles. The minimum absolute atomic E-state index is 0.0741. The second kappa shape index (κ2) is 4.08. The van der Waals surface area contributed by atoms with Gasteiger partial charge in [0.05, 0.1) is 29.2 Å². The molecule has 3 aliphatic rings. The van der Waals surface area contributed by atoms with Crippen LogP contribution < -0.4 is 9.47 Å². The predicted octanol–water partition coefficient (Wildman–Crippen LogP) is 0.938. The molecular formula is C13H12N2O6. The lowest BCUT2D eigenvalue weighted by molar-refractivity contribution is -0.385. The zero-order chi connectivity index (χ0) is 14.6. The maximum Gasteiger partial charge on any atom is 0.315 e. The van der Waals surface area contributed by atoms with E-state index in [-0.39, 0.29) is 41.0 Å². The van der Waals surface area contributed by atoms with Crippen LogP contribution >= 0.6 is 0 Å². The molecule has 1 amide bonds. The standard InChI is InChI=1S/C13H12N2O6/c16-12(14-2-1-13(14)5-19-6-13)8-3-9(15(17)18)11-10(4-8)20-7-21-11/h3-4H,1-2,5-7H2. The molecule has 0 radical (unpaired) electrons. The summed E-state index contributed by atoms with van der Waals surface area (Å²) in [6.07, 6.45) is 0.908. The van der Waals surface area contributed by atoms with Crippen molar-refractivity contribution in [3.63, 3.8) is 0 Å². The lowest BCUT2D eigenvalue weighted by Crippen LogP contribution is -2.72. The van der Waals surface area contributed by atoms with Crippen molar-refractivity contribution in [2.45, 2.75) is 12.0 Å². The van der Waals surface area contributed by atoms with Crippen molar-refractivity contribution in [2.75, 3.05) is 26.6 Å². The molecule has 3 heterocycles. The molecule has 3 aliphatic heterocycles. The quantitative estimate of drug-likeness (QED) is 0.595. The van der Waals surface area contributed by atoms with Gasteiger partial charge in [0.25, 0.3) is 5.91 Å². The highest BCUT2D eigenvalue weighted by Gasteiger charge is 2.53. The van der Waals surface area contributed by atoms with Crippen molar-refractivity contribution in [2.24, 2.45) is 0 Å². The third-order valence-corrected chi connectivity index (χ3v) is 4.26. The number of ether oxygens (including phenoxy) is 3. The summed E-state index contributed by atoms with van der Waals surface area (Å²) >= 11 is 0. The van der Waals surface area contributed by atoms with Crippen LogP contribution in [0, 0.1) is 10.1 Å². The fourth-order valence-electron chi connectivity index (χ4n) is 2.90. The van der Waals surface area contributed by atoms with E-state index in [2.05, 4.69) is 0 Å². The molecule has 0 N–H and O–H groups in total. The Morgan fingerprint density at radius 2 is 2.14 bits per heavy atom. The molecule has 0 unspecified atom stereocenters. The number of rotatable bonds is 2. The molecule has 8 nitrogen and oxygen atoms in total. The van der Waals surface area contributed by atoms with Gasteiger partial charge in [0.1, 0.15) is 0 Å². The number of fused-ring (bicyclic) bond motifs is 1. The molecule has 2 fully saturated rings. The van der Waals surface area contributed by atoms with E-state index in [4.69, 9.17) is 14.2 Å². The van der Waals surface area contributed by atoms with E-state index < -0.39 is 4.92 Å². The SMILES string of the molecule is O=C(c1cc2c(c([N+](=O)[O-])c1)OCO2)N1CCC12COC2. The third-order valence-electron chi connectivity index (χ3n) is 4.26. The summed E-state index contributed by atoms with van der Waals surface area (Å²) in [6.45, 7) is 1.64. The van der Waals surface area contributed by atoms with Crippen LogP contribution in [0.5, 0.6) is 11.5 Å². The summed E-state index contributed by atoms with van der Waals surface area (Å²) in [6, 6.07) is 2.75. The number of nitro benzene ring substituents is 1. The van der Waals surface area contributed by atoms with Gasteiger partial charge in [-0.25, -0.2) is 0 Å². The highest BCUT2D eigenvalue weighted by Crippen LogP contribution is 2.43. The van der Waals surface area contributed by atoms with Crippen LogP contribution in [-0.4, -0.2) is 47.8 Å². The van der Waals surface area contributed by atoms with Crippen LogP contribution in [0.1, 0.15) is 16.8 Å². The Morgan fingerprint density at radius 1 is 1.33 bits per heavy atom. The van der Waals surface area contributed by atoms with Crippen LogP contribution in [0.2, 0.25) is 0 Å². The van der Waals surface area contributed by atoms with Crippen LogP contribution in [0.25, 0.3) is 0 Å². The zero-order valence-corrected chi connectivity index (χ0v) is 11.0. The number of nitrogens with zero attached hydrogens (tertiary/aromatic N) is 2. The van der Waals surface area contributed by atoms with Gasteiger partial charge in [-0.3, -0.25) is 14.9 Å². The minimum atomic E-state index is -0.567. The van der Waals surface area contributed by atoms with Crippen molar-refractivity contribution in [3.8, 4) is 11.5 Å². The van der Waals surface area contributed by atoms with Crippen molar-refractivity contribution in [1.29, 1.82) is 0 Å². The van der Waals surface area contributed by atoms with Crippen molar-refractivity contribution < 1.29 is 23.9 Å². The largest absolute Gasteiger partial charge is 0.453 e. The number of benzene rings is 1. The first-order valence-electron chi connectivity index (χ1n) is 6.58. The number of carbonyl (C=O) groups is 1. The Labute approximate surface area is 119 Å². The van der Waals surface area contributed by atoms with Crippen LogP contribution in [-0.2, 0) is 4.74 Å². The zero-order valence-electron chi connectivity index (χ0n) is 11.0. The van der Waals surface area contributed by atoms with E-state index >= 15 is 0 Å². The number of nitro groups is 1. The lowest BCUT2D eigenvalue weighted by Gasteiger charge is -2.57. The molecule has 1 aromatic carbocycles. The van der Waals surface area contributed by atoms with Gasteiger partial charge in [-0.15, -0.1) is 0 Å². The summed E-state index contributed by atoms with van der Waals surface area (Å²) in [5.41, 5.74) is -0.202. The second-order valence-electron chi connectivity index (χ2n) is 5.41. The Kier molecular flexibility index (Phi) is 2.41. The molecule has 4 rings (SSSR count). The van der Waals surface area contributed by atoms with Gasteiger partial charge in [0.15, 0.2) is 5.75 Å². The summed E-state index contributed by atoms with van der Waals surface area (Å²) in [7, 11) is 0. The molecule has 0 aromatic heterocycles. The Bertz CT molecular complexity index is 649. The van der Waals surface area contributed by atoms with E-state index in [0.717, 1.165) is 6.42 Å². The molecule has 0 atom stereocenters. The third kappa shape index (κ3) is 1.62. The van der Waals surface area contributed by atoms with Crippen LogP contribution in [0.3, 0.4) is 0 Å². The lowest BCUT2D eigenvalue weighted by atomic mass is 9.82. The fourth-order valence-corrected chi connectivity index (χ4v) is 2.90. The van der Waals surface area contributed by atoms with Crippen molar-refractivity contribution >= 4 is 11.6 Å². The predicted molar refractivity (Wildman–Crippen MR) is 68.4 cm³/mol. The summed E-state index contributed by atoms with van der Waals surface area (Å²) in [5.74, 6) is 0.0970. The van der Waals surface area contributed by atoms with E-state index in [1.165, 1.54) is 12.1 Å². The molecular weight excluding hydrogens is 280 g/mol. The Morgan fingerprint density at radius 3 is 2.71 bits per heavy atom. The fraction of sp³-hybridized carbons (Fsp3) is 0.462. The number of hydrogen-bond donors (Lipinski definition) is 0. The molecule has 110 valence electrons. The van der Waals surface area contributed by atoms with Gasteiger partial charge in [-0.05, 0) is 12.5 Å². The van der Waals surface area contributed by atoms with Gasteiger partial charge in [-0.1, -0.05) is 0 Å². The molecule has 0 saturated carbocycles. The van der Waals surface area contributed by atoms with Gasteiger partial charge >= 0.3 is 5.69 Å². The highest BCUT2D eigenvalue weighted by atomic mass is 16.7. The number of likely N-dealkylation sites (tertiary alicyclic amines) is 1. The maximum absolute atomic E-state index is 12.6. The van der Waals surface area contributed by atoms with Crippen molar-refractivity contribution in [1.82, 2.24) is 4.90 Å². The minimum Gasteiger partial charge on any atom is -0.453 e. The maximum atomic E-state index is 12.6. The van der Waals surface area contributed by atoms with Crippen LogP contribution in [0.15, 0.2) is 12.1 Å². The van der Waals surface area contributed by atoms with Crippen molar-refractivity contribution in [3.05, 3.63) is 27.8 Å². The average Bonchev–Trinajstić information content (AvgIpc) is 2.82. The topological polar surface area (TPSA) is 91.1 Å². The Hall–Kier alpha value is -2.35.